The Morgan fingerprint density at radius 2 is 2.05 bits per heavy atom. The highest BCUT2D eigenvalue weighted by molar-refractivity contribution is 7.13. The molecule has 1 aromatic heterocycles. The lowest BCUT2D eigenvalue weighted by Gasteiger charge is -2.18. The fourth-order valence-electron chi connectivity index (χ4n) is 2.27. The number of amides is 2. The van der Waals surface area contributed by atoms with Crippen molar-refractivity contribution >= 4 is 22.5 Å². The number of nitrogens with zero attached hydrogens (tertiary/aromatic N) is 2. The van der Waals surface area contributed by atoms with E-state index in [-0.39, 0.29) is 6.03 Å². The molecule has 0 radical (unpaired) electrons. The van der Waals surface area contributed by atoms with Crippen LogP contribution in [0.4, 0.5) is 9.93 Å². The second kappa shape index (κ2) is 6.58. The van der Waals surface area contributed by atoms with Crippen molar-refractivity contribution in [1.29, 1.82) is 0 Å². The van der Waals surface area contributed by atoms with Crippen LogP contribution in [-0.4, -0.2) is 30.1 Å². The summed E-state index contributed by atoms with van der Waals surface area (Å²) < 4.78 is 5.35. The van der Waals surface area contributed by atoms with Crippen LogP contribution < -0.4 is 10.1 Å². The highest BCUT2D eigenvalue weighted by atomic mass is 32.1. The SMILES string of the molecule is COc1c(C)cc(CN(C)C(=O)Nc2nccs2)cc1C. The van der Waals surface area contributed by atoms with Crippen molar-refractivity contribution in [3.8, 4) is 5.75 Å². The molecule has 0 aliphatic carbocycles. The minimum absolute atomic E-state index is 0.170. The van der Waals surface area contributed by atoms with Crippen molar-refractivity contribution in [2.45, 2.75) is 20.4 Å². The Bertz CT molecular complexity index is 603. The number of hydrogen-bond donors (Lipinski definition) is 1. The topological polar surface area (TPSA) is 54.5 Å². The number of rotatable bonds is 4. The van der Waals surface area contributed by atoms with Gasteiger partial charge >= 0.3 is 6.03 Å². The van der Waals surface area contributed by atoms with E-state index in [2.05, 4.69) is 10.3 Å². The van der Waals surface area contributed by atoms with Crippen molar-refractivity contribution in [2.24, 2.45) is 0 Å². The first kappa shape index (κ1) is 15.3. The van der Waals surface area contributed by atoms with E-state index in [4.69, 9.17) is 4.74 Å². The maximum atomic E-state index is 12.1. The molecule has 0 unspecified atom stereocenters. The first-order valence-corrected chi connectivity index (χ1v) is 7.45. The number of urea groups is 1. The van der Waals surface area contributed by atoms with Crippen LogP contribution in [0.15, 0.2) is 23.7 Å². The largest absolute Gasteiger partial charge is 0.496 e. The molecule has 0 fully saturated rings. The summed E-state index contributed by atoms with van der Waals surface area (Å²) >= 11 is 1.40. The summed E-state index contributed by atoms with van der Waals surface area (Å²) in [6, 6.07) is 3.91. The van der Waals surface area contributed by atoms with E-state index in [0.29, 0.717) is 11.7 Å². The number of anilines is 1. The molecule has 0 atom stereocenters. The quantitative estimate of drug-likeness (QED) is 0.941. The molecule has 5 nitrogen and oxygen atoms in total. The van der Waals surface area contributed by atoms with Gasteiger partial charge < -0.3 is 9.64 Å². The molecule has 2 aromatic rings. The van der Waals surface area contributed by atoms with Gasteiger partial charge in [0.1, 0.15) is 5.75 Å². The van der Waals surface area contributed by atoms with Gasteiger partial charge in [0.2, 0.25) is 0 Å². The van der Waals surface area contributed by atoms with Gasteiger partial charge in [-0.15, -0.1) is 11.3 Å². The predicted molar refractivity (Wildman–Crippen MR) is 85.1 cm³/mol. The van der Waals surface area contributed by atoms with Crippen molar-refractivity contribution in [1.82, 2.24) is 9.88 Å². The summed E-state index contributed by atoms with van der Waals surface area (Å²) in [5, 5.41) is 5.19. The van der Waals surface area contributed by atoms with Gasteiger partial charge in [-0.1, -0.05) is 12.1 Å². The molecule has 6 heteroatoms. The van der Waals surface area contributed by atoms with E-state index < -0.39 is 0 Å². The number of nitrogens with one attached hydrogen (secondary N) is 1. The van der Waals surface area contributed by atoms with Gasteiger partial charge in [0.15, 0.2) is 5.13 Å². The smallest absolute Gasteiger partial charge is 0.323 e. The van der Waals surface area contributed by atoms with Gasteiger partial charge in [0.05, 0.1) is 7.11 Å². The third-order valence-electron chi connectivity index (χ3n) is 3.14. The predicted octanol–water partition coefficient (Wildman–Crippen LogP) is 3.43. The zero-order chi connectivity index (χ0) is 15.4. The minimum Gasteiger partial charge on any atom is -0.496 e. The fraction of sp³-hybridized carbons (Fsp3) is 0.333. The molecule has 0 spiro atoms. The molecule has 0 saturated carbocycles. The van der Waals surface area contributed by atoms with Gasteiger partial charge in [-0.3, -0.25) is 5.32 Å². The number of ether oxygens (including phenoxy) is 1. The van der Waals surface area contributed by atoms with Crippen LogP contribution >= 0.6 is 11.3 Å². The molecule has 0 bridgehead atoms. The number of aryl methyl sites for hydroxylation is 2. The first-order valence-electron chi connectivity index (χ1n) is 6.57. The number of carbonyl (C=O) groups is 1. The average Bonchev–Trinajstić information content (AvgIpc) is 2.91. The van der Waals surface area contributed by atoms with E-state index in [0.717, 1.165) is 22.4 Å². The summed E-state index contributed by atoms with van der Waals surface area (Å²) in [6.45, 7) is 4.54. The summed E-state index contributed by atoms with van der Waals surface area (Å²) in [4.78, 5) is 17.7. The standard InChI is InChI=1S/C15H19N3O2S/c1-10-7-12(8-11(2)13(10)20-4)9-18(3)15(19)17-14-16-5-6-21-14/h5-8H,9H2,1-4H3,(H,16,17,19). The first-order chi connectivity index (χ1) is 10.0. The lowest BCUT2D eigenvalue weighted by Crippen LogP contribution is -2.30. The Kier molecular flexibility index (Phi) is 4.80. The van der Waals surface area contributed by atoms with Crippen LogP contribution in [0.1, 0.15) is 16.7 Å². The van der Waals surface area contributed by atoms with E-state index >= 15 is 0 Å². The minimum atomic E-state index is -0.170. The molecule has 2 amide bonds. The lowest BCUT2D eigenvalue weighted by atomic mass is 10.1. The Hall–Kier alpha value is -2.08. The molecule has 1 aromatic carbocycles. The van der Waals surface area contributed by atoms with Crippen LogP contribution in [0.25, 0.3) is 0 Å². The number of carbonyl (C=O) groups excluding carboxylic acids is 1. The van der Waals surface area contributed by atoms with Gasteiger partial charge in [-0.25, -0.2) is 9.78 Å². The number of aromatic nitrogens is 1. The highest BCUT2D eigenvalue weighted by Gasteiger charge is 2.12. The highest BCUT2D eigenvalue weighted by Crippen LogP contribution is 2.25. The monoisotopic (exact) mass is 305 g/mol. The van der Waals surface area contributed by atoms with Crippen molar-refractivity contribution in [3.05, 3.63) is 40.4 Å². The van der Waals surface area contributed by atoms with E-state index in [1.54, 1.807) is 25.3 Å². The second-order valence-corrected chi connectivity index (χ2v) is 5.78. The molecule has 21 heavy (non-hydrogen) atoms. The Labute approximate surface area is 128 Å². The van der Waals surface area contributed by atoms with E-state index in [1.807, 2.05) is 31.4 Å². The van der Waals surface area contributed by atoms with Gasteiger partial charge in [-0.2, -0.15) is 0 Å². The molecular weight excluding hydrogens is 286 g/mol. The zero-order valence-electron chi connectivity index (χ0n) is 12.6. The van der Waals surface area contributed by atoms with Crippen LogP contribution in [0, 0.1) is 13.8 Å². The van der Waals surface area contributed by atoms with Crippen LogP contribution in [0.5, 0.6) is 5.75 Å². The molecule has 2 rings (SSSR count). The van der Waals surface area contributed by atoms with Gasteiger partial charge in [0, 0.05) is 25.2 Å². The van der Waals surface area contributed by atoms with Crippen LogP contribution in [0.2, 0.25) is 0 Å². The van der Waals surface area contributed by atoms with Gasteiger partial charge in [0.25, 0.3) is 0 Å². The van der Waals surface area contributed by atoms with Crippen LogP contribution in [0.3, 0.4) is 0 Å². The van der Waals surface area contributed by atoms with Gasteiger partial charge in [-0.05, 0) is 30.5 Å². The number of benzene rings is 1. The van der Waals surface area contributed by atoms with Crippen molar-refractivity contribution < 1.29 is 9.53 Å². The summed E-state index contributed by atoms with van der Waals surface area (Å²) in [5.41, 5.74) is 3.21. The normalized spacial score (nSPS) is 10.3. The van der Waals surface area contributed by atoms with E-state index in [9.17, 15) is 4.79 Å². The molecule has 0 aliphatic heterocycles. The number of thiazole rings is 1. The van der Waals surface area contributed by atoms with Crippen LogP contribution in [-0.2, 0) is 6.54 Å². The molecule has 112 valence electrons. The molecule has 0 aliphatic rings. The molecule has 1 N–H and O–H groups in total. The summed E-state index contributed by atoms with van der Waals surface area (Å²) in [6.07, 6.45) is 1.66. The Morgan fingerprint density at radius 3 is 2.57 bits per heavy atom. The summed E-state index contributed by atoms with van der Waals surface area (Å²) in [5.74, 6) is 0.897. The van der Waals surface area contributed by atoms with E-state index in [1.165, 1.54) is 11.3 Å². The number of hydrogen-bond acceptors (Lipinski definition) is 4. The molecule has 0 saturated heterocycles. The Balaban J connectivity index is 2.05. The zero-order valence-corrected chi connectivity index (χ0v) is 13.5. The third kappa shape index (κ3) is 3.72. The van der Waals surface area contributed by atoms with Crippen molar-refractivity contribution in [3.63, 3.8) is 0 Å². The van der Waals surface area contributed by atoms with Crippen molar-refractivity contribution in [2.75, 3.05) is 19.5 Å². The molecular formula is C15H19N3O2S. The summed E-state index contributed by atoms with van der Waals surface area (Å²) in [7, 11) is 3.43. The molecule has 1 heterocycles. The average molecular weight is 305 g/mol. The maximum Gasteiger partial charge on any atom is 0.323 e. The lowest BCUT2D eigenvalue weighted by molar-refractivity contribution is 0.220. The Morgan fingerprint density at radius 1 is 1.38 bits per heavy atom. The maximum absolute atomic E-state index is 12.1. The second-order valence-electron chi connectivity index (χ2n) is 4.89. The third-order valence-corrected chi connectivity index (χ3v) is 3.83. The fourth-order valence-corrected chi connectivity index (χ4v) is 2.79. The number of methoxy groups -OCH3 is 1.